The molecular formula is C16H23ClN4. The van der Waals surface area contributed by atoms with Crippen LogP contribution < -0.4 is 5.32 Å². The molecule has 0 aliphatic carbocycles. The van der Waals surface area contributed by atoms with E-state index in [4.69, 9.17) is 11.6 Å². The van der Waals surface area contributed by atoms with Gasteiger partial charge in [-0.1, -0.05) is 18.5 Å². The van der Waals surface area contributed by atoms with Gasteiger partial charge >= 0.3 is 0 Å². The van der Waals surface area contributed by atoms with Crippen LogP contribution in [0.25, 0.3) is 0 Å². The third-order valence-electron chi connectivity index (χ3n) is 3.36. The summed E-state index contributed by atoms with van der Waals surface area (Å²) in [4.78, 5) is 4.44. The van der Waals surface area contributed by atoms with Crippen molar-refractivity contribution in [2.75, 3.05) is 6.54 Å². The van der Waals surface area contributed by atoms with Gasteiger partial charge in [0.15, 0.2) is 0 Å². The second kappa shape index (κ2) is 7.57. The van der Waals surface area contributed by atoms with E-state index in [1.54, 1.807) is 6.20 Å². The fourth-order valence-corrected chi connectivity index (χ4v) is 2.47. The van der Waals surface area contributed by atoms with Crippen LogP contribution in [0.3, 0.4) is 0 Å². The summed E-state index contributed by atoms with van der Waals surface area (Å²) in [5.41, 5.74) is 1.95. The molecule has 21 heavy (non-hydrogen) atoms. The van der Waals surface area contributed by atoms with Crippen molar-refractivity contribution < 1.29 is 0 Å². The zero-order valence-corrected chi connectivity index (χ0v) is 13.6. The summed E-state index contributed by atoms with van der Waals surface area (Å²) in [6, 6.07) is 6.28. The Morgan fingerprint density at radius 1 is 1.33 bits per heavy atom. The lowest BCUT2D eigenvalue weighted by atomic mass is 10.1. The minimum Gasteiger partial charge on any atom is -0.308 e. The first-order chi connectivity index (χ1) is 10.1. The van der Waals surface area contributed by atoms with Crippen molar-refractivity contribution in [3.05, 3.63) is 47.0 Å². The standard InChI is InChI=1S/C16H23ClN4/c1-4-8-18-15(16-14(17)6-5-9-19-16)11-13-7-10-21(20-13)12(2)3/h5-7,9-10,12,15,18H,4,8,11H2,1-3H3. The molecule has 0 aromatic carbocycles. The third-order valence-corrected chi connectivity index (χ3v) is 3.68. The Morgan fingerprint density at radius 2 is 2.14 bits per heavy atom. The van der Waals surface area contributed by atoms with E-state index in [2.05, 4.69) is 42.2 Å². The predicted octanol–water partition coefficient (Wildman–Crippen LogP) is 3.80. The maximum absolute atomic E-state index is 6.29. The molecule has 0 saturated heterocycles. The summed E-state index contributed by atoms with van der Waals surface area (Å²) < 4.78 is 1.98. The Balaban J connectivity index is 2.18. The van der Waals surface area contributed by atoms with Crippen LogP contribution in [0, 0.1) is 0 Å². The van der Waals surface area contributed by atoms with Crippen LogP contribution in [-0.2, 0) is 6.42 Å². The first kappa shape index (κ1) is 16.0. The van der Waals surface area contributed by atoms with E-state index in [0.29, 0.717) is 11.1 Å². The van der Waals surface area contributed by atoms with Gasteiger partial charge < -0.3 is 5.32 Å². The van der Waals surface area contributed by atoms with Gasteiger partial charge in [-0.25, -0.2) is 0 Å². The highest BCUT2D eigenvalue weighted by atomic mass is 35.5. The second-order valence-electron chi connectivity index (χ2n) is 5.46. The van der Waals surface area contributed by atoms with E-state index in [9.17, 15) is 0 Å². The van der Waals surface area contributed by atoms with Gasteiger partial charge in [-0.3, -0.25) is 9.67 Å². The zero-order valence-electron chi connectivity index (χ0n) is 12.9. The lowest BCUT2D eigenvalue weighted by molar-refractivity contribution is 0.493. The number of halogens is 1. The number of rotatable bonds is 7. The fraction of sp³-hybridized carbons (Fsp3) is 0.500. The molecule has 2 aromatic heterocycles. The number of hydrogen-bond acceptors (Lipinski definition) is 3. The van der Waals surface area contributed by atoms with Gasteiger partial charge in [0, 0.05) is 24.9 Å². The van der Waals surface area contributed by atoms with E-state index >= 15 is 0 Å². The van der Waals surface area contributed by atoms with E-state index in [0.717, 1.165) is 30.8 Å². The van der Waals surface area contributed by atoms with Crippen molar-refractivity contribution >= 4 is 11.6 Å². The molecule has 0 saturated carbocycles. The fourth-order valence-electron chi connectivity index (χ4n) is 2.22. The molecule has 0 amide bonds. The number of aromatic nitrogens is 3. The van der Waals surface area contributed by atoms with Gasteiger partial charge in [0.1, 0.15) is 0 Å². The number of nitrogens with one attached hydrogen (secondary N) is 1. The normalized spacial score (nSPS) is 12.8. The largest absolute Gasteiger partial charge is 0.308 e. The summed E-state index contributed by atoms with van der Waals surface area (Å²) in [6.45, 7) is 7.33. The summed E-state index contributed by atoms with van der Waals surface area (Å²) in [5.74, 6) is 0. The van der Waals surface area contributed by atoms with Gasteiger partial charge in [0.2, 0.25) is 0 Å². The van der Waals surface area contributed by atoms with Crippen LogP contribution in [0.15, 0.2) is 30.6 Å². The Hall–Kier alpha value is -1.39. The zero-order chi connectivity index (χ0) is 15.2. The molecule has 1 N–H and O–H groups in total. The lowest BCUT2D eigenvalue weighted by Gasteiger charge is -2.18. The molecule has 0 fully saturated rings. The maximum atomic E-state index is 6.29. The van der Waals surface area contributed by atoms with Crippen LogP contribution in [0.2, 0.25) is 5.02 Å². The minimum atomic E-state index is 0.0918. The summed E-state index contributed by atoms with van der Waals surface area (Å²) in [6.07, 6.45) is 5.67. The SMILES string of the molecule is CCCNC(Cc1ccn(C(C)C)n1)c1ncccc1Cl. The van der Waals surface area contributed by atoms with Gasteiger partial charge in [-0.05, 0) is 45.0 Å². The van der Waals surface area contributed by atoms with E-state index in [-0.39, 0.29) is 6.04 Å². The van der Waals surface area contributed by atoms with E-state index in [1.165, 1.54) is 0 Å². The predicted molar refractivity (Wildman–Crippen MR) is 86.6 cm³/mol. The molecule has 114 valence electrons. The molecule has 0 spiro atoms. The Bertz CT molecular complexity index is 565. The van der Waals surface area contributed by atoms with Crippen LogP contribution in [0.5, 0.6) is 0 Å². The number of hydrogen-bond donors (Lipinski definition) is 1. The lowest BCUT2D eigenvalue weighted by Crippen LogP contribution is -2.25. The van der Waals surface area contributed by atoms with Crippen molar-refractivity contribution in [2.45, 2.75) is 45.7 Å². The van der Waals surface area contributed by atoms with Gasteiger partial charge in [-0.15, -0.1) is 0 Å². The Kier molecular flexibility index (Phi) is 5.76. The monoisotopic (exact) mass is 306 g/mol. The molecule has 1 unspecified atom stereocenters. The second-order valence-corrected chi connectivity index (χ2v) is 5.87. The summed E-state index contributed by atoms with van der Waals surface area (Å²) >= 11 is 6.29. The molecular weight excluding hydrogens is 284 g/mol. The molecule has 0 bridgehead atoms. The van der Waals surface area contributed by atoms with Crippen molar-refractivity contribution in [3.63, 3.8) is 0 Å². The molecule has 0 radical (unpaired) electrons. The molecule has 1 atom stereocenters. The average Bonchev–Trinajstić information content (AvgIpc) is 2.93. The van der Waals surface area contributed by atoms with E-state index in [1.807, 2.05) is 23.0 Å². The quantitative estimate of drug-likeness (QED) is 0.846. The van der Waals surface area contributed by atoms with Crippen LogP contribution >= 0.6 is 11.6 Å². The maximum Gasteiger partial charge on any atom is 0.0762 e. The highest BCUT2D eigenvalue weighted by Crippen LogP contribution is 2.23. The van der Waals surface area contributed by atoms with Crippen LogP contribution in [0.1, 0.15) is 50.7 Å². The third kappa shape index (κ3) is 4.29. The Labute approximate surface area is 131 Å². The smallest absolute Gasteiger partial charge is 0.0762 e. The van der Waals surface area contributed by atoms with Crippen molar-refractivity contribution in [3.8, 4) is 0 Å². The molecule has 2 rings (SSSR count). The molecule has 0 aliphatic rings. The van der Waals surface area contributed by atoms with Gasteiger partial charge in [0.05, 0.1) is 22.5 Å². The average molecular weight is 307 g/mol. The number of nitrogens with zero attached hydrogens (tertiary/aromatic N) is 3. The van der Waals surface area contributed by atoms with Crippen molar-refractivity contribution in [1.82, 2.24) is 20.1 Å². The minimum absolute atomic E-state index is 0.0918. The molecule has 4 nitrogen and oxygen atoms in total. The topological polar surface area (TPSA) is 42.7 Å². The highest BCUT2D eigenvalue weighted by Gasteiger charge is 2.17. The first-order valence-corrected chi connectivity index (χ1v) is 7.87. The Morgan fingerprint density at radius 3 is 2.76 bits per heavy atom. The first-order valence-electron chi connectivity index (χ1n) is 7.49. The van der Waals surface area contributed by atoms with E-state index < -0.39 is 0 Å². The highest BCUT2D eigenvalue weighted by molar-refractivity contribution is 6.31. The molecule has 2 heterocycles. The summed E-state index contributed by atoms with van der Waals surface area (Å²) in [5, 5.41) is 8.84. The molecule has 5 heteroatoms. The van der Waals surface area contributed by atoms with Crippen molar-refractivity contribution in [2.24, 2.45) is 0 Å². The van der Waals surface area contributed by atoms with Crippen LogP contribution in [0.4, 0.5) is 0 Å². The molecule has 2 aromatic rings. The van der Waals surface area contributed by atoms with Gasteiger partial charge in [0.25, 0.3) is 0 Å². The van der Waals surface area contributed by atoms with Gasteiger partial charge in [-0.2, -0.15) is 5.10 Å². The summed E-state index contributed by atoms with van der Waals surface area (Å²) in [7, 11) is 0. The van der Waals surface area contributed by atoms with Crippen LogP contribution in [-0.4, -0.2) is 21.3 Å². The van der Waals surface area contributed by atoms with Crippen molar-refractivity contribution in [1.29, 1.82) is 0 Å². The number of pyridine rings is 1. The molecule has 0 aliphatic heterocycles.